The number of hydrogen-bond acceptors (Lipinski definition) is 4. The third kappa shape index (κ3) is 6.23. The van der Waals surface area contributed by atoms with Gasteiger partial charge in [0.15, 0.2) is 0 Å². The summed E-state index contributed by atoms with van der Waals surface area (Å²) in [5.41, 5.74) is 2.07. The molecule has 2 aromatic carbocycles. The highest BCUT2D eigenvalue weighted by Crippen LogP contribution is 2.31. The van der Waals surface area contributed by atoms with Gasteiger partial charge < -0.3 is 14.8 Å². The van der Waals surface area contributed by atoms with E-state index in [0.29, 0.717) is 11.4 Å². The van der Waals surface area contributed by atoms with Gasteiger partial charge in [0.1, 0.15) is 12.1 Å². The molecule has 3 atom stereocenters. The average Bonchev–Trinajstić information content (AvgIpc) is 3.14. The van der Waals surface area contributed by atoms with Crippen LogP contribution in [-0.4, -0.2) is 31.3 Å². The minimum Gasteiger partial charge on any atom is -0.467 e. The van der Waals surface area contributed by atoms with Crippen molar-refractivity contribution in [2.75, 3.05) is 7.11 Å². The Morgan fingerprint density at radius 1 is 1.10 bits per heavy atom. The average molecular weight is 416 g/mol. The summed E-state index contributed by atoms with van der Waals surface area (Å²) in [6.07, 6.45) is 3.22. The van der Waals surface area contributed by atoms with Crippen LogP contribution in [0.25, 0.3) is 0 Å². The van der Waals surface area contributed by atoms with Gasteiger partial charge in [-0.1, -0.05) is 54.1 Å². The minimum atomic E-state index is -0.789. The van der Waals surface area contributed by atoms with Gasteiger partial charge in [-0.25, -0.2) is 9.59 Å². The van der Waals surface area contributed by atoms with Crippen molar-refractivity contribution in [3.05, 3.63) is 70.7 Å². The van der Waals surface area contributed by atoms with Crippen molar-refractivity contribution < 1.29 is 19.1 Å². The van der Waals surface area contributed by atoms with E-state index in [0.717, 1.165) is 36.8 Å². The number of nitrogens with one attached hydrogen (secondary N) is 1. The summed E-state index contributed by atoms with van der Waals surface area (Å²) >= 11 is 6.08. The second-order valence-electron chi connectivity index (χ2n) is 7.38. The van der Waals surface area contributed by atoms with Crippen LogP contribution in [0.2, 0.25) is 5.02 Å². The lowest BCUT2D eigenvalue weighted by atomic mass is 9.96. The van der Waals surface area contributed by atoms with Crippen molar-refractivity contribution in [2.24, 2.45) is 5.92 Å². The molecule has 1 amide bonds. The van der Waals surface area contributed by atoms with Crippen LogP contribution in [0.15, 0.2) is 54.6 Å². The monoisotopic (exact) mass is 415 g/mol. The molecule has 1 fully saturated rings. The Morgan fingerprint density at radius 2 is 1.86 bits per heavy atom. The standard InChI is InChI=1S/C23H26ClNO4/c1-28-22(26)20(15-16-7-3-2-4-8-16)25-23(27)29-21-12-6-10-18(21)13-17-9-5-11-19(24)14-17/h2-5,7-9,11,14,18,20-21H,6,10,12-13,15H2,1H3,(H,25,27). The van der Waals surface area contributed by atoms with Crippen LogP contribution in [-0.2, 0) is 27.1 Å². The SMILES string of the molecule is COC(=O)C(Cc1ccccc1)NC(=O)OC1CCCC1Cc1cccc(Cl)c1. The first-order valence-electron chi connectivity index (χ1n) is 9.88. The number of esters is 1. The van der Waals surface area contributed by atoms with E-state index in [2.05, 4.69) is 5.32 Å². The van der Waals surface area contributed by atoms with E-state index in [1.54, 1.807) is 0 Å². The van der Waals surface area contributed by atoms with Crippen LogP contribution < -0.4 is 5.32 Å². The van der Waals surface area contributed by atoms with E-state index in [4.69, 9.17) is 21.1 Å². The Kier molecular flexibility index (Phi) is 7.53. The highest BCUT2D eigenvalue weighted by atomic mass is 35.5. The maximum Gasteiger partial charge on any atom is 0.408 e. The summed E-state index contributed by atoms with van der Waals surface area (Å²) in [6, 6.07) is 16.5. The summed E-state index contributed by atoms with van der Waals surface area (Å²) in [4.78, 5) is 24.6. The van der Waals surface area contributed by atoms with Gasteiger partial charge in [-0.2, -0.15) is 0 Å². The quantitative estimate of drug-likeness (QED) is 0.673. The van der Waals surface area contributed by atoms with Crippen LogP contribution in [0, 0.1) is 5.92 Å². The van der Waals surface area contributed by atoms with Crippen molar-refractivity contribution >= 4 is 23.7 Å². The molecule has 0 radical (unpaired) electrons. The molecule has 5 nitrogen and oxygen atoms in total. The number of carbonyl (C=O) groups is 2. The molecule has 6 heteroatoms. The first-order valence-corrected chi connectivity index (χ1v) is 10.3. The summed E-state index contributed by atoms with van der Waals surface area (Å²) in [6.45, 7) is 0. The van der Waals surface area contributed by atoms with Crippen LogP contribution in [0.4, 0.5) is 4.79 Å². The number of methoxy groups -OCH3 is 1. The number of halogens is 1. The number of alkyl carbamates (subject to hydrolysis) is 1. The zero-order valence-corrected chi connectivity index (χ0v) is 17.2. The van der Waals surface area contributed by atoms with E-state index < -0.39 is 18.1 Å². The molecule has 29 heavy (non-hydrogen) atoms. The zero-order chi connectivity index (χ0) is 20.6. The largest absolute Gasteiger partial charge is 0.467 e. The smallest absolute Gasteiger partial charge is 0.408 e. The molecule has 0 saturated heterocycles. The van der Waals surface area contributed by atoms with Crippen molar-refractivity contribution in [1.82, 2.24) is 5.32 Å². The third-order valence-corrected chi connectivity index (χ3v) is 5.53. The van der Waals surface area contributed by atoms with Gasteiger partial charge in [0, 0.05) is 17.4 Å². The topological polar surface area (TPSA) is 64.6 Å². The molecule has 0 bridgehead atoms. The van der Waals surface area contributed by atoms with E-state index in [-0.39, 0.29) is 12.0 Å². The molecular formula is C23H26ClNO4. The lowest BCUT2D eigenvalue weighted by Gasteiger charge is -2.22. The predicted octanol–water partition coefficient (Wildman–Crippen LogP) is 4.56. The van der Waals surface area contributed by atoms with Gasteiger partial charge in [0.2, 0.25) is 0 Å². The number of ether oxygens (including phenoxy) is 2. The Hall–Kier alpha value is -2.53. The van der Waals surface area contributed by atoms with Crippen molar-refractivity contribution in [1.29, 1.82) is 0 Å². The number of carbonyl (C=O) groups excluding carboxylic acids is 2. The molecule has 1 saturated carbocycles. The predicted molar refractivity (Wildman–Crippen MR) is 112 cm³/mol. The second kappa shape index (κ2) is 10.3. The lowest BCUT2D eigenvalue weighted by molar-refractivity contribution is -0.143. The van der Waals surface area contributed by atoms with Crippen LogP contribution >= 0.6 is 11.6 Å². The van der Waals surface area contributed by atoms with Crippen LogP contribution in [0.5, 0.6) is 0 Å². The van der Waals surface area contributed by atoms with Crippen molar-refractivity contribution in [3.63, 3.8) is 0 Å². The Balaban J connectivity index is 1.59. The summed E-state index contributed by atoms with van der Waals surface area (Å²) in [5.74, 6) is -0.252. The minimum absolute atomic E-state index is 0.177. The van der Waals surface area contributed by atoms with E-state index in [1.807, 2.05) is 54.6 Å². The zero-order valence-electron chi connectivity index (χ0n) is 16.5. The third-order valence-electron chi connectivity index (χ3n) is 5.30. The fourth-order valence-electron chi connectivity index (χ4n) is 3.86. The fourth-order valence-corrected chi connectivity index (χ4v) is 4.07. The van der Waals surface area contributed by atoms with Crippen molar-refractivity contribution in [2.45, 2.75) is 44.2 Å². The molecule has 0 aromatic heterocycles. The molecule has 154 valence electrons. The molecular weight excluding hydrogens is 390 g/mol. The Labute approximate surface area is 176 Å². The summed E-state index contributed by atoms with van der Waals surface area (Å²) < 4.78 is 10.5. The number of rotatable bonds is 7. The molecule has 1 aliphatic carbocycles. The first-order chi connectivity index (χ1) is 14.0. The molecule has 2 aromatic rings. The summed E-state index contributed by atoms with van der Waals surface area (Å²) in [5, 5.41) is 3.39. The molecule has 1 aliphatic rings. The van der Waals surface area contributed by atoms with E-state index in [1.165, 1.54) is 7.11 Å². The molecule has 3 unspecified atom stereocenters. The Bertz CT molecular complexity index is 827. The maximum atomic E-state index is 12.5. The van der Waals surface area contributed by atoms with E-state index >= 15 is 0 Å². The molecule has 0 spiro atoms. The molecule has 1 N–H and O–H groups in total. The van der Waals surface area contributed by atoms with Crippen molar-refractivity contribution in [3.8, 4) is 0 Å². The first kappa shape index (κ1) is 21.2. The normalized spacial score (nSPS) is 19.4. The van der Waals surface area contributed by atoms with E-state index in [9.17, 15) is 9.59 Å². The number of benzene rings is 2. The maximum absolute atomic E-state index is 12.5. The highest BCUT2D eigenvalue weighted by molar-refractivity contribution is 6.30. The second-order valence-corrected chi connectivity index (χ2v) is 7.82. The summed E-state index contributed by atoms with van der Waals surface area (Å²) in [7, 11) is 1.31. The van der Waals surface area contributed by atoms with Gasteiger partial charge >= 0.3 is 12.1 Å². The van der Waals surface area contributed by atoms with Gasteiger partial charge in [-0.3, -0.25) is 0 Å². The molecule has 0 heterocycles. The van der Waals surface area contributed by atoms with Gasteiger partial charge in [-0.15, -0.1) is 0 Å². The highest BCUT2D eigenvalue weighted by Gasteiger charge is 2.32. The lowest BCUT2D eigenvalue weighted by Crippen LogP contribution is -2.44. The Morgan fingerprint density at radius 3 is 2.59 bits per heavy atom. The van der Waals surface area contributed by atoms with Crippen LogP contribution in [0.1, 0.15) is 30.4 Å². The number of amides is 1. The van der Waals surface area contributed by atoms with Crippen LogP contribution in [0.3, 0.4) is 0 Å². The number of hydrogen-bond donors (Lipinski definition) is 1. The molecule has 0 aliphatic heterocycles. The van der Waals surface area contributed by atoms with Gasteiger partial charge in [0.25, 0.3) is 0 Å². The van der Waals surface area contributed by atoms with Gasteiger partial charge in [-0.05, 0) is 48.9 Å². The fraction of sp³-hybridized carbons (Fsp3) is 0.391. The van der Waals surface area contributed by atoms with Gasteiger partial charge in [0.05, 0.1) is 7.11 Å². The molecule has 3 rings (SSSR count).